The van der Waals surface area contributed by atoms with Gasteiger partial charge in [-0.05, 0) is 92.7 Å². The summed E-state index contributed by atoms with van der Waals surface area (Å²) in [6.45, 7) is 0.420. The smallest absolute Gasteiger partial charge is 0.363 e. The molecule has 0 bridgehead atoms. The molecule has 4 rings (SSSR count). The lowest BCUT2D eigenvalue weighted by Crippen LogP contribution is -2.06. The second kappa shape index (κ2) is 10.7. The first kappa shape index (κ1) is 25.1. The van der Waals surface area contributed by atoms with Crippen molar-refractivity contribution in [2.24, 2.45) is 4.99 Å². The summed E-state index contributed by atoms with van der Waals surface area (Å²) in [7, 11) is 0. The Hall–Kier alpha value is -2.03. The number of non-ortho nitro benzene ring substituents is 1. The van der Waals surface area contributed by atoms with Gasteiger partial charge >= 0.3 is 5.97 Å². The number of cyclic esters (lactones) is 1. The Balaban J connectivity index is 1.58. The predicted octanol–water partition coefficient (Wildman–Crippen LogP) is 7.14. The number of benzene rings is 3. The largest absolute Gasteiger partial charge is 0.487 e. The zero-order valence-corrected chi connectivity index (χ0v) is 23.6. The summed E-state index contributed by atoms with van der Waals surface area (Å²) in [5.74, 6) is -0.00483. The molecule has 0 saturated heterocycles. The van der Waals surface area contributed by atoms with E-state index in [1.54, 1.807) is 6.08 Å². The average molecular weight is 766 g/mol. The van der Waals surface area contributed by atoms with Gasteiger partial charge in [0.25, 0.3) is 5.69 Å². The van der Waals surface area contributed by atoms with Crippen molar-refractivity contribution < 1.29 is 19.2 Å². The third-order valence-electron chi connectivity index (χ3n) is 4.63. The molecule has 3 aromatic carbocycles. The van der Waals surface area contributed by atoms with E-state index in [1.165, 1.54) is 18.2 Å². The summed E-state index contributed by atoms with van der Waals surface area (Å²) in [5, 5.41) is 11.3. The minimum absolute atomic E-state index is 0.0627. The molecular formula is C23H12BrClI2N2O5. The maximum Gasteiger partial charge on any atom is 0.363 e. The summed E-state index contributed by atoms with van der Waals surface area (Å²) in [6.07, 6.45) is 1.59. The molecule has 3 aromatic rings. The summed E-state index contributed by atoms with van der Waals surface area (Å²) in [4.78, 5) is 27.1. The van der Waals surface area contributed by atoms with E-state index in [0.29, 0.717) is 6.61 Å². The standard InChI is InChI=1S/C23H12BrClI2N2O5/c24-14-3-1-12(2-4-14)11-33-21-18(26)7-13(8-19(21)27)9-20-23(30)34-22(28-20)16-10-15(29(31)32)5-6-17(16)25/h1-10H,11H2/b20-9-. The Kier molecular flexibility index (Phi) is 7.90. The molecule has 0 N–H and O–H groups in total. The van der Waals surface area contributed by atoms with Gasteiger partial charge in [0, 0.05) is 16.6 Å². The summed E-state index contributed by atoms with van der Waals surface area (Å²) in [5.41, 5.74) is 1.82. The minimum atomic E-state index is -0.668. The van der Waals surface area contributed by atoms with E-state index in [2.05, 4.69) is 66.1 Å². The van der Waals surface area contributed by atoms with Crippen LogP contribution in [0.5, 0.6) is 5.75 Å². The Bertz CT molecular complexity index is 1350. The van der Waals surface area contributed by atoms with Crippen LogP contribution in [-0.2, 0) is 16.1 Å². The van der Waals surface area contributed by atoms with Gasteiger partial charge in [-0.3, -0.25) is 10.1 Å². The molecule has 0 amide bonds. The number of aliphatic imine (C=N–C) groups is 1. The molecule has 0 fully saturated rings. The normalized spacial score (nSPS) is 14.2. The first-order valence-corrected chi connectivity index (χ1v) is 12.9. The van der Waals surface area contributed by atoms with Crippen LogP contribution in [-0.4, -0.2) is 16.8 Å². The number of halogens is 4. The lowest BCUT2D eigenvalue weighted by Gasteiger charge is -2.11. The van der Waals surface area contributed by atoms with Gasteiger partial charge in [-0.25, -0.2) is 9.79 Å². The zero-order chi connectivity index (χ0) is 24.4. The highest BCUT2D eigenvalue weighted by Crippen LogP contribution is 2.32. The lowest BCUT2D eigenvalue weighted by molar-refractivity contribution is -0.384. The lowest BCUT2D eigenvalue weighted by atomic mass is 10.2. The molecule has 0 atom stereocenters. The molecular weight excluding hydrogens is 753 g/mol. The fraction of sp³-hybridized carbons (Fsp3) is 0.0435. The first-order valence-electron chi connectivity index (χ1n) is 9.54. The Morgan fingerprint density at radius 2 is 1.79 bits per heavy atom. The van der Waals surface area contributed by atoms with E-state index >= 15 is 0 Å². The summed E-state index contributed by atoms with van der Waals surface area (Å²) >= 11 is 13.9. The van der Waals surface area contributed by atoms with Gasteiger partial charge in [0.2, 0.25) is 5.90 Å². The maximum absolute atomic E-state index is 12.4. The maximum atomic E-state index is 12.4. The van der Waals surface area contributed by atoms with Gasteiger partial charge in [-0.1, -0.05) is 39.7 Å². The minimum Gasteiger partial charge on any atom is -0.487 e. The second-order valence-corrected chi connectivity index (χ2v) is 10.6. The van der Waals surface area contributed by atoms with Crippen molar-refractivity contribution in [1.29, 1.82) is 0 Å². The number of nitro benzene ring substituents is 1. The van der Waals surface area contributed by atoms with Crippen LogP contribution in [0.4, 0.5) is 5.69 Å². The highest BCUT2D eigenvalue weighted by atomic mass is 127. The molecule has 0 saturated carbocycles. The van der Waals surface area contributed by atoms with Gasteiger partial charge in [-0.15, -0.1) is 0 Å². The van der Waals surface area contributed by atoms with Crippen LogP contribution in [0.2, 0.25) is 5.02 Å². The summed E-state index contributed by atoms with van der Waals surface area (Å²) in [6, 6.07) is 15.5. The number of ether oxygens (including phenoxy) is 2. The fourth-order valence-electron chi connectivity index (χ4n) is 3.01. The Morgan fingerprint density at radius 3 is 2.44 bits per heavy atom. The van der Waals surface area contributed by atoms with E-state index in [4.69, 9.17) is 21.1 Å². The summed E-state index contributed by atoms with van der Waals surface area (Å²) < 4.78 is 14.0. The molecule has 172 valence electrons. The van der Waals surface area contributed by atoms with Crippen molar-refractivity contribution in [3.05, 3.63) is 104 Å². The molecule has 1 aliphatic heterocycles. The molecule has 11 heteroatoms. The van der Waals surface area contributed by atoms with E-state index in [9.17, 15) is 14.9 Å². The number of hydrogen-bond donors (Lipinski definition) is 0. The highest BCUT2D eigenvalue weighted by molar-refractivity contribution is 14.1. The van der Waals surface area contributed by atoms with E-state index in [1.807, 2.05) is 36.4 Å². The van der Waals surface area contributed by atoms with Crippen molar-refractivity contribution in [2.75, 3.05) is 0 Å². The topological polar surface area (TPSA) is 91.0 Å². The van der Waals surface area contributed by atoms with Crippen LogP contribution in [0.1, 0.15) is 16.7 Å². The molecule has 1 heterocycles. The molecule has 0 aromatic heterocycles. The quantitative estimate of drug-likeness (QED) is 0.0876. The molecule has 7 nitrogen and oxygen atoms in total. The molecule has 0 aliphatic carbocycles. The van der Waals surface area contributed by atoms with E-state index in [-0.39, 0.29) is 27.9 Å². The third kappa shape index (κ3) is 5.78. The van der Waals surface area contributed by atoms with Crippen molar-refractivity contribution in [3.63, 3.8) is 0 Å². The van der Waals surface area contributed by atoms with E-state index < -0.39 is 10.9 Å². The number of hydrogen-bond acceptors (Lipinski definition) is 6. The van der Waals surface area contributed by atoms with Crippen LogP contribution in [0, 0.1) is 17.3 Å². The third-order valence-corrected chi connectivity index (χ3v) is 7.09. The fourth-order valence-corrected chi connectivity index (χ4v) is 5.60. The van der Waals surface area contributed by atoms with Crippen LogP contribution >= 0.6 is 72.7 Å². The van der Waals surface area contributed by atoms with Crippen molar-refractivity contribution in [1.82, 2.24) is 0 Å². The van der Waals surface area contributed by atoms with Crippen LogP contribution in [0.15, 0.2) is 69.8 Å². The van der Waals surface area contributed by atoms with Gasteiger partial charge in [0.05, 0.1) is 22.6 Å². The molecule has 0 spiro atoms. The number of nitrogens with zero attached hydrogens (tertiary/aromatic N) is 2. The molecule has 0 radical (unpaired) electrons. The Labute approximate surface area is 234 Å². The molecule has 34 heavy (non-hydrogen) atoms. The van der Waals surface area contributed by atoms with Gasteiger partial charge in [-0.2, -0.15) is 0 Å². The number of rotatable bonds is 6. The number of carbonyl (C=O) groups is 1. The zero-order valence-electron chi connectivity index (χ0n) is 16.9. The van der Waals surface area contributed by atoms with Crippen LogP contribution in [0.25, 0.3) is 6.08 Å². The molecule has 0 unspecified atom stereocenters. The van der Waals surface area contributed by atoms with Crippen molar-refractivity contribution >= 4 is 96.3 Å². The second-order valence-electron chi connectivity index (χ2n) is 6.99. The van der Waals surface area contributed by atoms with Gasteiger partial charge in [0.1, 0.15) is 12.4 Å². The van der Waals surface area contributed by atoms with Gasteiger partial charge < -0.3 is 9.47 Å². The van der Waals surface area contributed by atoms with Crippen molar-refractivity contribution in [3.8, 4) is 5.75 Å². The van der Waals surface area contributed by atoms with Crippen LogP contribution in [0.3, 0.4) is 0 Å². The number of nitro groups is 1. The highest BCUT2D eigenvalue weighted by Gasteiger charge is 2.27. The first-order chi connectivity index (χ1) is 16.2. The van der Waals surface area contributed by atoms with Crippen molar-refractivity contribution in [2.45, 2.75) is 6.61 Å². The Morgan fingerprint density at radius 1 is 1.12 bits per heavy atom. The average Bonchev–Trinajstić information content (AvgIpc) is 3.14. The van der Waals surface area contributed by atoms with Gasteiger partial charge in [0.15, 0.2) is 5.70 Å². The number of carbonyl (C=O) groups excluding carboxylic acids is 1. The van der Waals surface area contributed by atoms with Crippen LogP contribution < -0.4 is 4.74 Å². The van der Waals surface area contributed by atoms with E-state index in [0.717, 1.165) is 28.5 Å². The molecule has 1 aliphatic rings. The SMILES string of the molecule is O=C1OC(c2cc([N+](=O)[O-])ccc2Cl)=N/C1=C\c1cc(I)c(OCc2ccc(Br)cc2)c(I)c1. The monoisotopic (exact) mass is 764 g/mol. The predicted molar refractivity (Wildman–Crippen MR) is 149 cm³/mol. The number of esters is 1.